The molecule has 2 aromatic carbocycles. The van der Waals surface area contributed by atoms with Crippen molar-refractivity contribution >= 4 is 23.1 Å². The summed E-state index contributed by atoms with van der Waals surface area (Å²) in [7, 11) is 1.57. The number of aromatic nitrogens is 1. The zero-order chi connectivity index (χ0) is 25.5. The molecule has 10 heteroatoms. The van der Waals surface area contributed by atoms with Crippen molar-refractivity contribution < 1.29 is 19.0 Å². The maximum atomic E-state index is 13.8. The van der Waals surface area contributed by atoms with Crippen LogP contribution < -0.4 is 15.4 Å². The van der Waals surface area contributed by atoms with Gasteiger partial charge < -0.3 is 25.0 Å². The largest absolute Gasteiger partial charge is 0.392 e. The van der Waals surface area contributed by atoms with Crippen LogP contribution in [-0.4, -0.2) is 60.5 Å². The van der Waals surface area contributed by atoms with Crippen LogP contribution in [0.5, 0.6) is 0 Å². The summed E-state index contributed by atoms with van der Waals surface area (Å²) >= 11 is 1.46. The number of rotatable bonds is 8. The molecular weight excluding hydrogens is 481 g/mol. The minimum atomic E-state index is -0.270. The van der Waals surface area contributed by atoms with Crippen LogP contribution in [0.15, 0.2) is 46.8 Å². The number of hydrogen-bond acceptors (Lipinski definition) is 6. The predicted octanol–water partition coefficient (Wildman–Crippen LogP) is 3.15. The molecule has 1 aliphatic heterocycles. The van der Waals surface area contributed by atoms with E-state index in [1.165, 1.54) is 17.4 Å². The molecule has 1 saturated heterocycles. The second kappa shape index (κ2) is 12.3. The summed E-state index contributed by atoms with van der Waals surface area (Å²) in [6.07, 6.45) is 0. The van der Waals surface area contributed by atoms with Crippen LogP contribution in [0.2, 0.25) is 0 Å². The summed E-state index contributed by atoms with van der Waals surface area (Å²) in [6.45, 7) is 6.56. The third-order valence-corrected chi connectivity index (χ3v) is 7.00. The number of halogens is 1. The standard InChI is InChI=1S/C26H32FN5O3S/c1-18-13-21(4-6-23(18)27)30-26-32(8-7-29-25(34)28-2)24(17-36-26)22-5-3-19(14-20(22)16-33)15-31-9-11-35-12-10-31/h3-6,13-14,17,33H,7-12,15-16H2,1-2H3,(H2,28,29,34). The second-order valence-electron chi connectivity index (χ2n) is 8.64. The van der Waals surface area contributed by atoms with E-state index in [0.29, 0.717) is 24.3 Å². The zero-order valence-electron chi connectivity index (χ0n) is 20.6. The topological polar surface area (TPSA) is 91.1 Å². The maximum absolute atomic E-state index is 13.8. The lowest BCUT2D eigenvalue weighted by Crippen LogP contribution is -2.36. The van der Waals surface area contributed by atoms with Crippen LogP contribution in [0, 0.1) is 12.7 Å². The van der Waals surface area contributed by atoms with Gasteiger partial charge in [0.25, 0.3) is 0 Å². The Morgan fingerprint density at radius 3 is 2.75 bits per heavy atom. The summed E-state index contributed by atoms with van der Waals surface area (Å²) < 4.78 is 21.2. The highest BCUT2D eigenvalue weighted by molar-refractivity contribution is 7.07. The van der Waals surface area contributed by atoms with Gasteiger partial charge in [-0.15, -0.1) is 11.3 Å². The Morgan fingerprint density at radius 1 is 1.22 bits per heavy atom. The average Bonchev–Trinajstić information content (AvgIpc) is 3.28. The van der Waals surface area contributed by atoms with Crippen LogP contribution in [0.25, 0.3) is 11.3 Å². The third kappa shape index (κ3) is 6.38. The first kappa shape index (κ1) is 26.0. The molecule has 1 aliphatic rings. The van der Waals surface area contributed by atoms with E-state index in [1.807, 2.05) is 16.0 Å². The van der Waals surface area contributed by atoms with Crippen molar-refractivity contribution in [2.24, 2.45) is 4.99 Å². The first-order valence-corrected chi connectivity index (χ1v) is 12.8. The number of nitrogens with zero attached hydrogens (tertiary/aromatic N) is 3. The maximum Gasteiger partial charge on any atom is 0.314 e. The van der Waals surface area contributed by atoms with Crippen molar-refractivity contribution in [1.29, 1.82) is 0 Å². The van der Waals surface area contributed by atoms with Crippen molar-refractivity contribution in [3.05, 3.63) is 69.1 Å². The SMILES string of the molecule is CNC(=O)NCCn1c(-c2ccc(CN3CCOCC3)cc2CO)csc1=Nc1ccc(F)c(C)c1. The van der Waals surface area contributed by atoms with Gasteiger partial charge in [0.05, 0.1) is 31.2 Å². The number of morpholine rings is 1. The monoisotopic (exact) mass is 513 g/mol. The number of thiazole rings is 1. The Morgan fingerprint density at radius 2 is 2.03 bits per heavy atom. The van der Waals surface area contributed by atoms with Gasteiger partial charge in [-0.05, 0) is 41.8 Å². The number of amides is 2. The summed E-state index contributed by atoms with van der Waals surface area (Å²) in [5.74, 6) is -0.270. The molecular formula is C26H32FN5O3S. The van der Waals surface area contributed by atoms with Gasteiger partial charge in [-0.25, -0.2) is 14.2 Å². The molecule has 0 atom stereocenters. The number of nitrogens with one attached hydrogen (secondary N) is 2. The summed E-state index contributed by atoms with van der Waals surface area (Å²) in [6, 6.07) is 10.7. The zero-order valence-corrected chi connectivity index (χ0v) is 21.4. The molecule has 2 heterocycles. The van der Waals surface area contributed by atoms with Gasteiger partial charge >= 0.3 is 6.03 Å². The number of aliphatic hydroxyl groups excluding tert-OH is 1. The Bertz CT molecular complexity index is 1270. The van der Waals surface area contributed by atoms with Crippen molar-refractivity contribution in [3.63, 3.8) is 0 Å². The average molecular weight is 514 g/mol. The van der Waals surface area contributed by atoms with Crippen LogP contribution in [-0.2, 0) is 24.4 Å². The van der Waals surface area contributed by atoms with Gasteiger partial charge in [0.1, 0.15) is 5.82 Å². The molecule has 192 valence electrons. The van der Waals surface area contributed by atoms with Gasteiger partial charge in [0.2, 0.25) is 0 Å². The Kier molecular flexibility index (Phi) is 8.87. The lowest BCUT2D eigenvalue weighted by molar-refractivity contribution is 0.0342. The quantitative estimate of drug-likeness (QED) is 0.432. The Hall–Kier alpha value is -3.05. The van der Waals surface area contributed by atoms with Crippen molar-refractivity contribution in [1.82, 2.24) is 20.1 Å². The van der Waals surface area contributed by atoms with Crippen molar-refractivity contribution in [2.75, 3.05) is 39.9 Å². The Balaban J connectivity index is 1.69. The molecule has 1 fully saturated rings. The number of ether oxygens (including phenoxy) is 1. The van der Waals surface area contributed by atoms with E-state index in [4.69, 9.17) is 9.73 Å². The summed E-state index contributed by atoms with van der Waals surface area (Å²) in [5.41, 5.74) is 4.96. The highest BCUT2D eigenvalue weighted by Crippen LogP contribution is 2.27. The molecule has 8 nitrogen and oxygen atoms in total. The molecule has 36 heavy (non-hydrogen) atoms. The summed E-state index contributed by atoms with van der Waals surface area (Å²) in [5, 5.41) is 17.6. The number of carbonyl (C=O) groups excluding carboxylic acids is 1. The van der Waals surface area contributed by atoms with Crippen molar-refractivity contribution in [2.45, 2.75) is 26.6 Å². The predicted molar refractivity (Wildman–Crippen MR) is 139 cm³/mol. The molecule has 2 amide bonds. The van der Waals surface area contributed by atoms with Gasteiger partial charge in [-0.2, -0.15) is 0 Å². The van der Waals surface area contributed by atoms with Crippen LogP contribution in [0.4, 0.5) is 14.9 Å². The second-order valence-corrected chi connectivity index (χ2v) is 9.48. The van der Waals surface area contributed by atoms with Gasteiger partial charge in [-0.3, -0.25) is 4.90 Å². The molecule has 0 saturated carbocycles. The lowest BCUT2D eigenvalue weighted by Gasteiger charge is -2.26. The molecule has 0 radical (unpaired) electrons. The van der Waals surface area contributed by atoms with Crippen LogP contribution in [0.1, 0.15) is 16.7 Å². The number of carbonyl (C=O) groups is 1. The number of aliphatic hydroxyl groups is 1. The molecule has 3 aromatic rings. The van der Waals surface area contributed by atoms with Gasteiger partial charge in [0.15, 0.2) is 4.80 Å². The molecule has 0 spiro atoms. The van der Waals surface area contributed by atoms with E-state index in [0.717, 1.165) is 60.0 Å². The van der Waals surface area contributed by atoms with E-state index in [2.05, 4.69) is 27.7 Å². The number of hydrogen-bond donors (Lipinski definition) is 3. The number of urea groups is 1. The fraction of sp³-hybridized carbons (Fsp3) is 0.385. The van der Waals surface area contributed by atoms with Crippen LogP contribution in [0.3, 0.4) is 0 Å². The minimum Gasteiger partial charge on any atom is -0.392 e. The van der Waals surface area contributed by atoms with Crippen LogP contribution >= 0.6 is 11.3 Å². The lowest BCUT2D eigenvalue weighted by atomic mass is 10.0. The smallest absolute Gasteiger partial charge is 0.314 e. The van der Waals surface area contributed by atoms with E-state index >= 15 is 0 Å². The minimum absolute atomic E-state index is 0.0950. The summed E-state index contributed by atoms with van der Waals surface area (Å²) in [4.78, 5) is 19.5. The fourth-order valence-corrected chi connectivity index (χ4v) is 5.12. The van der Waals surface area contributed by atoms with E-state index < -0.39 is 0 Å². The molecule has 4 rings (SSSR count). The van der Waals surface area contributed by atoms with Crippen molar-refractivity contribution in [3.8, 4) is 11.3 Å². The third-order valence-electron chi connectivity index (χ3n) is 6.14. The molecule has 3 N–H and O–H groups in total. The molecule has 1 aromatic heterocycles. The first-order chi connectivity index (χ1) is 17.5. The number of aryl methyl sites for hydroxylation is 1. The first-order valence-electron chi connectivity index (χ1n) is 12.0. The fourth-order valence-electron chi connectivity index (χ4n) is 4.17. The van der Waals surface area contributed by atoms with Gasteiger partial charge in [-0.1, -0.05) is 18.2 Å². The molecule has 0 bridgehead atoms. The normalized spacial score (nSPS) is 14.7. The van der Waals surface area contributed by atoms with E-state index in [1.54, 1.807) is 26.1 Å². The van der Waals surface area contributed by atoms with E-state index in [9.17, 15) is 14.3 Å². The Labute approximate surface area is 214 Å². The molecule has 0 aliphatic carbocycles. The van der Waals surface area contributed by atoms with Gasteiger partial charge in [0, 0.05) is 50.7 Å². The van der Waals surface area contributed by atoms with E-state index in [-0.39, 0.29) is 18.5 Å². The highest BCUT2D eigenvalue weighted by Gasteiger charge is 2.15. The molecule has 0 unspecified atom stereocenters. The number of benzene rings is 2. The highest BCUT2D eigenvalue weighted by atomic mass is 32.1.